The molecule has 2 N–H and O–H groups in total. The molecule has 0 aliphatic carbocycles. The lowest BCUT2D eigenvalue weighted by atomic mass is 10.3. The monoisotopic (exact) mass is 269 g/mol. The zero-order chi connectivity index (χ0) is 12.3. The van der Waals surface area contributed by atoms with Gasteiger partial charge in [-0.3, -0.25) is 4.79 Å². The Kier molecular flexibility index (Phi) is 3.93. The maximum Gasteiger partial charge on any atom is 0.227 e. The van der Waals surface area contributed by atoms with Crippen molar-refractivity contribution >= 4 is 44.2 Å². The van der Waals surface area contributed by atoms with E-state index in [9.17, 15) is 4.79 Å². The largest absolute Gasteiger partial charge is 0.319 e. The van der Waals surface area contributed by atoms with Crippen LogP contribution in [-0.2, 0) is 4.79 Å². The molecule has 0 fully saturated rings. The quantitative estimate of drug-likeness (QED) is 0.897. The minimum absolute atomic E-state index is 0.0375. The maximum atomic E-state index is 11.5. The molecule has 90 valence electrons. The predicted molar refractivity (Wildman–Crippen MR) is 71.8 cm³/mol. The number of rotatable bonds is 4. The van der Waals surface area contributed by atoms with Crippen molar-refractivity contribution in [1.29, 1.82) is 0 Å². The molecule has 1 aromatic carbocycles. The number of thiazole rings is 1. The van der Waals surface area contributed by atoms with E-state index < -0.39 is 0 Å². The molecule has 1 amide bonds. The van der Waals surface area contributed by atoms with Gasteiger partial charge in [-0.1, -0.05) is 22.9 Å². The molecule has 2 rings (SSSR count). The fourth-order valence-electron chi connectivity index (χ4n) is 1.37. The Bertz CT molecular complexity index is 540. The first-order valence-electron chi connectivity index (χ1n) is 5.19. The summed E-state index contributed by atoms with van der Waals surface area (Å²) in [6.45, 7) is 0.655. The Balaban J connectivity index is 2.11. The number of nitrogens with one attached hydrogen (secondary N) is 2. The minimum Gasteiger partial charge on any atom is -0.319 e. The van der Waals surface area contributed by atoms with Crippen molar-refractivity contribution in [2.75, 3.05) is 18.9 Å². The molecular weight excluding hydrogens is 258 g/mol. The Morgan fingerprint density at radius 2 is 2.35 bits per heavy atom. The summed E-state index contributed by atoms with van der Waals surface area (Å²) in [5.41, 5.74) is 0.850. The number of aromatic nitrogens is 1. The SMILES string of the molecule is CNCCC(=O)Nc1nc2ccc(Cl)cc2s1. The molecule has 0 atom stereocenters. The molecule has 0 aliphatic heterocycles. The topological polar surface area (TPSA) is 54.0 Å². The van der Waals surface area contributed by atoms with Gasteiger partial charge < -0.3 is 10.6 Å². The van der Waals surface area contributed by atoms with E-state index in [1.807, 2.05) is 19.2 Å². The van der Waals surface area contributed by atoms with Crippen molar-refractivity contribution in [3.63, 3.8) is 0 Å². The number of halogens is 1. The summed E-state index contributed by atoms with van der Waals surface area (Å²) in [6.07, 6.45) is 0.438. The number of carbonyl (C=O) groups excluding carboxylic acids is 1. The van der Waals surface area contributed by atoms with Crippen LogP contribution in [0.2, 0.25) is 5.02 Å². The van der Waals surface area contributed by atoms with Gasteiger partial charge in [-0.2, -0.15) is 0 Å². The van der Waals surface area contributed by atoms with E-state index in [0.717, 1.165) is 10.2 Å². The number of nitrogens with zero attached hydrogens (tertiary/aromatic N) is 1. The lowest BCUT2D eigenvalue weighted by molar-refractivity contribution is -0.116. The van der Waals surface area contributed by atoms with E-state index in [0.29, 0.717) is 23.1 Å². The summed E-state index contributed by atoms with van der Waals surface area (Å²) >= 11 is 7.31. The fraction of sp³-hybridized carbons (Fsp3) is 0.273. The first-order chi connectivity index (χ1) is 8.19. The molecule has 0 saturated carbocycles. The van der Waals surface area contributed by atoms with Gasteiger partial charge in [0.25, 0.3) is 0 Å². The number of fused-ring (bicyclic) bond motifs is 1. The summed E-state index contributed by atoms with van der Waals surface area (Å²) in [5, 5.41) is 6.98. The van der Waals surface area contributed by atoms with Crippen molar-refractivity contribution in [1.82, 2.24) is 10.3 Å². The molecule has 1 aromatic heterocycles. The molecular formula is C11H12ClN3OS. The van der Waals surface area contributed by atoms with Crippen LogP contribution in [0.3, 0.4) is 0 Å². The van der Waals surface area contributed by atoms with Gasteiger partial charge >= 0.3 is 0 Å². The zero-order valence-corrected chi connectivity index (χ0v) is 10.9. The number of carbonyl (C=O) groups is 1. The summed E-state index contributed by atoms with van der Waals surface area (Å²) in [7, 11) is 1.81. The van der Waals surface area contributed by atoms with E-state index >= 15 is 0 Å². The zero-order valence-electron chi connectivity index (χ0n) is 9.29. The van der Waals surface area contributed by atoms with Crippen LogP contribution in [0.25, 0.3) is 10.2 Å². The number of benzene rings is 1. The van der Waals surface area contributed by atoms with E-state index in [1.165, 1.54) is 11.3 Å². The second-order valence-electron chi connectivity index (χ2n) is 3.53. The smallest absolute Gasteiger partial charge is 0.227 e. The molecule has 4 nitrogen and oxygen atoms in total. The van der Waals surface area contributed by atoms with Gasteiger partial charge in [-0.15, -0.1) is 0 Å². The van der Waals surface area contributed by atoms with Crippen LogP contribution in [0.15, 0.2) is 18.2 Å². The lowest BCUT2D eigenvalue weighted by Gasteiger charge is -1.99. The van der Waals surface area contributed by atoms with Gasteiger partial charge in [0.15, 0.2) is 5.13 Å². The highest BCUT2D eigenvalue weighted by molar-refractivity contribution is 7.22. The van der Waals surface area contributed by atoms with E-state index in [1.54, 1.807) is 6.07 Å². The molecule has 0 saturated heterocycles. The Labute approximate surface area is 108 Å². The summed E-state index contributed by atoms with van der Waals surface area (Å²) < 4.78 is 0.974. The van der Waals surface area contributed by atoms with E-state index in [4.69, 9.17) is 11.6 Å². The third kappa shape index (κ3) is 3.15. The van der Waals surface area contributed by atoms with Crippen molar-refractivity contribution in [3.8, 4) is 0 Å². The highest BCUT2D eigenvalue weighted by atomic mass is 35.5. The summed E-state index contributed by atoms with van der Waals surface area (Å²) in [4.78, 5) is 15.8. The van der Waals surface area contributed by atoms with E-state index in [2.05, 4.69) is 15.6 Å². The van der Waals surface area contributed by atoms with Crippen molar-refractivity contribution in [2.24, 2.45) is 0 Å². The van der Waals surface area contributed by atoms with Crippen LogP contribution in [0.5, 0.6) is 0 Å². The molecule has 0 aliphatic rings. The summed E-state index contributed by atoms with van der Waals surface area (Å²) in [5.74, 6) is -0.0375. The molecule has 0 radical (unpaired) electrons. The average Bonchev–Trinajstić information content (AvgIpc) is 2.67. The van der Waals surface area contributed by atoms with Gasteiger partial charge in [0.1, 0.15) is 0 Å². The second kappa shape index (κ2) is 5.44. The highest BCUT2D eigenvalue weighted by Gasteiger charge is 2.07. The second-order valence-corrected chi connectivity index (χ2v) is 5.00. The number of anilines is 1. The Morgan fingerprint density at radius 3 is 3.12 bits per heavy atom. The van der Waals surface area contributed by atoms with Crippen LogP contribution >= 0.6 is 22.9 Å². The molecule has 2 aromatic rings. The van der Waals surface area contributed by atoms with Crippen LogP contribution in [0, 0.1) is 0 Å². The predicted octanol–water partition coefficient (Wildman–Crippen LogP) is 2.50. The third-order valence-corrected chi connectivity index (χ3v) is 3.37. The van der Waals surface area contributed by atoms with Gasteiger partial charge in [-0.05, 0) is 25.2 Å². The molecule has 0 unspecified atom stereocenters. The maximum absolute atomic E-state index is 11.5. The lowest BCUT2D eigenvalue weighted by Crippen LogP contribution is -2.18. The van der Waals surface area contributed by atoms with Gasteiger partial charge in [0, 0.05) is 18.0 Å². The van der Waals surface area contributed by atoms with Crippen LogP contribution in [-0.4, -0.2) is 24.5 Å². The van der Waals surface area contributed by atoms with Gasteiger partial charge in [0.05, 0.1) is 10.2 Å². The van der Waals surface area contributed by atoms with Crippen LogP contribution < -0.4 is 10.6 Å². The normalized spacial score (nSPS) is 10.7. The van der Waals surface area contributed by atoms with Crippen LogP contribution in [0.4, 0.5) is 5.13 Å². The minimum atomic E-state index is -0.0375. The Morgan fingerprint density at radius 1 is 1.53 bits per heavy atom. The summed E-state index contributed by atoms with van der Waals surface area (Å²) in [6, 6.07) is 5.48. The fourth-order valence-corrected chi connectivity index (χ4v) is 2.53. The molecule has 0 bridgehead atoms. The van der Waals surface area contributed by atoms with E-state index in [-0.39, 0.29) is 5.91 Å². The van der Waals surface area contributed by atoms with Gasteiger partial charge in [0.2, 0.25) is 5.91 Å². The Hall–Kier alpha value is -1.17. The molecule has 1 heterocycles. The highest BCUT2D eigenvalue weighted by Crippen LogP contribution is 2.28. The standard InChI is InChI=1S/C11H12ClN3OS/c1-13-5-4-10(16)15-11-14-8-3-2-7(12)6-9(8)17-11/h2-3,6,13H,4-5H2,1H3,(H,14,15,16). The number of hydrogen-bond donors (Lipinski definition) is 2. The third-order valence-electron chi connectivity index (χ3n) is 2.20. The van der Waals surface area contributed by atoms with Crippen LogP contribution in [0.1, 0.15) is 6.42 Å². The number of amides is 1. The average molecular weight is 270 g/mol. The molecule has 6 heteroatoms. The molecule has 0 spiro atoms. The van der Waals surface area contributed by atoms with Crippen molar-refractivity contribution < 1.29 is 4.79 Å². The van der Waals surface area contributed by atoms with Crippen molar-refractivity contribution in [3.05, 3.63) is 23.2 Å². The number of hydrogen-bond acceptors (Lipinski definition) is 4. The van der Waals surface area contributed by atoms with Crippen molar-refractivity contribution in [2.45, 2.75) is 6.42 Å². The first-order valence-corrected chi connectivity index (χ1v) is 6.39. The van der Waals surface area contributed by atoms with Gasteiger partial charge in [-0.25, -0.2) is 4.98 Å². The molecule has 17 heavy (non-hydrogen) atoms. The first kappa shape index (κ1) is 12.3.